The van der Waals surface area contributed by atoms with Crippen molar-refractivity contribution < 1.29 is 19.0 Å². The van der Waals surface area contributed by atoms with E-state index in [4.69, 9.17) is 14.2 Å². The molecule has 0 aliphatic rings. The van der Waals surface area contributed by atoms with E-state index in [0.29, 0.717) is 5.57 Å². The zero-order valence-electron chi connectivity index (χ0n) is 9.91. The number of esters is 1. The van der Waals surface area contributed by atoms with Crippen molar-refractivity contribution in [2.75, 3.05) is 14.2 Å². The molecule has 0 bridgehead atoms. The van der Waals surface area contributed by atoms with E-state index in [9.17, 15) is 4.79 Å². The first kappa shape index (κ1) is 14.3. The van der Waals surface area contributed by atoms with Crippen LogP contribution in [0.2, 0.25) is 0 Å². The molecule has 0 aliphatic carbocycles. The Kier molecular flexibility index (Phi) is 7.28. The van der Waals surface area contributed by atoms with E-state index >= 15 is 0 Å². The van der Waals surface area contributed by atoms with Gasteiger partial charge >= 0.3 is 5.97 Å². The molecule has 1 unspecified atom stereocenters. The van der Waals surface area contributed by atoms with Crippen molar-refractivity contribution in [3.8, 4) is 0 Å². The Morgan fingerprint density at radius 2 is 1.93 bits per heavy atom. The lowest BCUT2D eigenvalue weighted by molar-refractivity contribution is -0.141. The number of carbonyl (C=O) groups is 1. The van der Waals surface area contributed by atoms with Gasteiger partial charge in [0.15, 0.2) is 0 Å². The van der Waals surface area contributed by atoms with Crippen LogP contribution >= 0.6 is 0 Å². The fraction of sp³-hybridized carbons (Fsp3) is 0.700. The van der Waals surface area contributed by atoms with Crippen LogP contribution < -0.4 is 0 Å². The largest absolute Gasteiger partial charge is 0.463 e. The van der Waals surface area contributed by atoms with Crippen LogP contribution in [-0.4, -0.2) is 41.3 Å². The first-order valence-electron chi connectivity index (χ1n) is 4.97. The summed E-state index contributed by atoms with van der Waals surface area (Å²) in [6.07, 6.45) is 0.786. The third kappa shape index (κ3) is 5.71. The second-order valence-electron chi connectivity index (χ2n) is 3.35. The molecule has 0 amide bonds. The van der Waals surface area contributed by atoms with E-state index in [2.05, 4.69) is 6.58 Å². The lowest BCUT2D eigenvalue weighted by atomic mass is 10.4. The number of ether oxygens (including phenoxy) is 3. The summed E-state index contributed by atoms with van der Waals surface area (Å²) in [5.74, 6) is -0.534. The lowest BCUT2D eigenvalue weighted by Crippen LogP contribution is -2.34. The molecular weight excluding hydrogens is 212 g/mol. The van der Waals surface area contributed by atoms with Crippen molar-refractivity contribution in [1.82, 2.24) is 0 Å². The maximum Gasteiger partial charge on any atom is 0.333 e. The Morgan fingerprint density at radius 1 is 1.40 bits per heavy atom. The van der Waals surface area contributed by atoms with Gasteiger partial charge in [0.05, 0.1) is 5.73 Å². The van der Waals surface area contributed by atoms with Crippen molar-refractivity contribution in [3.63, 3.8) is 0 Å². The first-order valence-corrected chi connectivity index (χ1v) is 6.60. The standard InChI is InChI=1S/C10H20O4Si/c1-6-8(14-9(11)7(2)3)15-10(12-4)13-5/h8,10H,2,6,15H2,1,3-5H3. The Labute approximate surface area is 93.4 Å². The SMILES string of the molecule is C=C(C)C(=O)OC(CC)[SiH2]C(OC)OC. The molecule has 0 N–H and O–H groups in total. The maximum absolute atomic E-state index is 11.3. The van der Waals surface area contributed by atoms with Crippen LogP contribution in [0, 0.1) is 0 Å². The summed E-state index contributed by atoms with van der Waals surface area (Å²) in [6, 6.07) is 0. The van der Waals surface area contributed by atoms with Gasteiger partial charge in [-0.3, -0.25) is 0 Å². The molecule has 4 nitrogen and oxygen atoms in total. The molecule has 88 valence electrons. The fourth-order valence-corrected chi connectivity index (χ4v) is 2.45. The number of methoxy groups -OCH3 is 2. The molecule has 5 heteroatoms. The van der Waals surface area contributed by atoms with Crippen LogP contribution in [0.4, 0.5) is 0 Å². The Hall–Kier alpha value is -0.653. The molecule has 0 spiro atoms. The fourth-order valence-electron chi connectivity index (χ4n) is 1.05. The smallest absolute Gasteiger partial charge is 0.333 e. The number of hydrogen-bond donors (Lipinski definition) is 0. The zero-order valence-corrected chi connectivity index (χ0v) is 11.3. The molecule has 0 heterocycles. The summed E-state index contributed by atoms with van der Waals surface area (Å²) >= 11 is 0. The molecule has 15 heavy (non-hydrogen) atoms. The molecule has 0 saturated heterocycles. The van der Waals surface area contributed by atoms with Gasteiger partial charge in [0.1, 0.15) is 15.4 Å². The zero-order chi connectivity index (χ0) is 11.8. The third-order valence-electron chi connectivity index (χ3n) is 2.06. The van der Waals surface area contributed by atoms with E-state index in [-0.39, 0.29) is 17.6 Å². The second kappa shape index (κ2) is 7.61. The summed E-state index contributed by atoms with van der Waals surface area (Å²) < 4.78 is 15.5. The highest BCUT2D eigenvalue weighted by Crippen LogP contribution is 2.04. The first-order chi connectivity index (χ1) is 7.04. The summed E-state index contributed by atoms with van der Waals surface area (Å²) in [7, 11) is 2.42. The van der Waals surface area contributed by atoms with Gasteiger partial charge in [0.2, 0.25) is 0 Å². The average molecular weight is 232 g/mol. The maximum atomic E-state index is 11.3. The normalized spacial score (nSPS) is 13.4. The highest BCUT2D eigenvalue weighted by molar-refractivity contribution is 6.38. The molecule has 0 aliphatic heterocycles. The molecule has 0 fully saturated rings. The summed E-state index contributed by atoms with van der Waals surface area (Å²) in [4.78, 5) is 11.3. The van der Waals surface area contributed by atoms with Crippen molar-refractivity contribution in [2.45, 2.75) is 31.9 Å². The Balaban J connectivity index is 4.13. The minimum atomic E-state index is -0.764. The summed E-state index contributed by atoms with van der Waals surface area (Å²) in [5.41, 5.74) is 0.368. The number of hydrogen-bond acceptors (Lipinski definition) is 4. The number of carbonyl (C=O) groups excluding carboxylic acids is 1. The quantitative estimate of drug-likeness (QED) is 0.279. The summed E-state index contributed by atoms with van der Waals surface area (Å²) in [5, 5.41) is 0. The molecule has 0 aromatic rings. The Bertz CT molecular complexity index is 213. The van der Waals surface area contributed by atoms with Crippen LogP contribution in [0.25, 0.3) is 0 Å². The van der Waals surface area contributed by atoms with Gasteiger partial charge in [0.25, 0.3) is 0 Å². The topological polar surface area (TPSA) is 44.8 Å². The van der Waals surface area contributed by atoms with Crippen molar-refractivity contribution in [2.24, 2.45) is 0 Å². The molecule has 0 aromatic carbocycles. The van der Waals surface area contributed by atoms with E-state index in [1.54, 1.807) is 21.1 Å². The molecule has 0 saturated carbocycles. The molecule has 0 rings (SSSR count). The van der Waals surface area contributed by atoms with Gasteiger partial charge in [0, 0.05) is 19.8 Å². The van der Waals surface area contributed by atoms with Gasteiger partial charge in [-0.15, -0.1) is 0 Å². The minimum absolute atomic E-state index is 0.0564. The Morgan fingerprint density at radius 3 is 2.27 bits per heavy atom. The van der Waals surface area contributed by atoms with Crippen molar-refractivity contribution >= 4 is 15.5 Å². The average Bonchev–Trinajstić information content (AvgIpc) is 2.23. The molecule has 0 radical (unpaired) electrons. The monoisotopic (exact) mass is 232 g/mol. The predicted octanol–water partition coefficient (Wildman–Crippen LogP) is 0.587. The van der Waals surface area contributed by atoms with Crippen LogP contribution in [0.5, 0.6) is 0 Å². The van der Waals surface area contributed by atoms with Gasteiger partial charge in [-0.25, -0.2) is 4.79 Å². The van der Waals surface area contributed by atoms with Crippen LogP contribution in [-0.2, 0) is 19.0 Å². The van der Waals surface area contributed by atoms with Crippen molar-refractivity contribution in [1.29, 1.82) is 0 Å². The van der Waals surface area contributed by atoms with Gasteiger partial charge in [-0.05, 0) is 13.3 Å². The van der Waals surface area contributed by atoms with E-state index in [0.717, 1.165) is 6.42 Å². The second-order valence-corrected chi connectivity index (χ2v) is 5.40. The van der Waals surface area contributed by atoms with E-state index in [1.165, 1.54) is 0 Å². The van der Waals surface area contributed by atoms with Gasteiger partial charge in [-0.2, -0.15) is 0 Å². The number of rotatable bonds is 7. The van der Waals surface area contributed by atoms with Crippen LogP contribution in [0.3, 0.4) is 0 Å². The van der Waals surface area contributed by atoms with E-state index in [1.807, 2.05) is 6.92 Å². The molecule has 1 atom stereocenters. The summed E-state index contributed by atoms with van der Waals surface area (Å²) in [6.45, 7) is 7.16. The van der Waals surface area contributed by atoms with Crippen LogP contribution in [0.1, 0.15) is 20.3 Å². The molecule has 0 aromatic heterocycles. The lowest BCUT2D eigenvalue weighted by Gasteiger charge is -2.20. The van der Waals surface area contributed by atoms with Gasteiger partial charge in [-0.1, -0.05) is 13.5 Å². The van der Waals surface area contributed by atoms with Gasteiger partial charge < -0.3 is 14.2 Å². The predicted molar refractivity (Wildman–Crippen MR) is 61.3 cm³/mol. The third-order valence-corrected chi connectivity index (χ3v) is 4.38. The molecular formula is C10H20O4Si. The highest BCUT2D eigenvalue weighted by atomic mass is 28.2. The van der Waals surface area contributed by atoms with Crippen LogP contribution in [0.15, 0.2) is 12.2 Å². The van der Waals surface area contributed by atoms with Crippen molar-refractivity contribution in [3.05, 3.63) is 12.2 Å². The highest BCUT2D eigenvalue weighted by Gasteiger charge is 2.19. The minimum Gasteiger partial charge on any atom is -0.463 e. The van der Waals surface area contributed by atoms with E-state index < -0.39 is 9.52 Å².